The van der Waals surface area contributed by atoms with Gasteiger partial charge in [0.25, 0.3) is 0 Å². The van der Waals surface area contributed by atoms with E-state index >= 15 is 0 Å². The second kappa shape index (κ2) is 9.33. The van der Waals surface area contributed by atoms with Crippen molar-refractivity contribution in [2.45, 2.75) is 106 Å². The van der Waals surface area contributed by atoms with Gasteiger partial charge in [-0.3, -0.25) is 0 Å². The average Bonchev–Trinajstić information content (AvgIpc) is 2.47. The van der Waals surface area contributed by atoms with Gasteiger partial charge in [0.15, 0.2) is 0 Å². The van der Waals surface area contributed by atoms with Crippen molar-refractivity contribution in [1.82, 2.24) is 0 Å². The number of unbranched alkanes of at least 4 members (excludes halogenated alkanes) is 1. The molecule has 1 aliphatic rings. The number of hydrogen-bond donors (Lipinski definition) is 0. The molecule has 0 aromatic carbocycles. The van der Waals surface area contributed by atoms with Crippen LogP contribution in [0.3, 0.4) is 0 Å². The summed E-state index contributed by atoms with van der Waals surface area (Å²) in [5.74, 6) is 4.64. The van der Waals surface area contributed by atoms with E-state index in [0.717, 1.165) is 29.6 Å². The zero-order chi connectivity index (χ0) is 16.8. The van der Waals surface area contributed by atoms with Gasteiger partial charge in [0, 0.05) is 0 Å². The van der Waals surface area contributed by atoms with Crippen LogP contribution in [0.5, 0.6) is 0 Å². The molecule has 0 heteroatoms. The van der Waals surface area contributed by atoms with Crippen LogP contribution in [0.15, 0.2) is 0 Å². The molecule has 0 spiro atoms. The molecule has 0 aliphatic heterocycles. The summed E-state index contributed by atoms with van der Waals surface area (Å²) in [4.78, 5) is 0. The molecule has 0 heterocycles. The molecule has 0 saturated heterocycles. The highest BCUT2D eigenvalue weighted by atomic mass is 14.5. The molecule has 0 amide bonds. The van der Waals surface area contributed by atoms with E-state index in [2.05, 4.69) is 48.5 Å². The first-order valence-electron chi connectivity index (χ1n) is 10.4. The molecule has 5 unspecified atom stereocenters. The highest BCUT2D eigenvalue weighted by molar-refractivity contribution is 4.94. The molecule has 0 nitrogen and oxygen atoms in total. The molecular formula is C22H44. The smallest absolute Gasteiger partial charge is 0.0274 e. The summed E-state index contributed by atoms with van der Waals surface area (Å²) in [5.41, 5.74) is 0.571. The molecule has 0 aromatic heterocycles. The third kappa shape index (κ3) is 5.00. The maximum absolute atomic E-state index is 2.59. The monoisotopic (exact) mass is 308 g/mol. The lowest BCUT2D eigenvalue weighted by atomic mass is 9.54. The average molecular weight is 309 g/mol. The number of hydrogen-bond acceptors (Lipinski definition) is 0. The van der Waals surface area contributed by atoms with Gasteiger partial charge >= 0.3 is 0 Å². The maximum Gasteiger partial charge on any atom is -0.0274 e. The Morgan fingerprint density at radius 3 is 2.23 bits per heavy atom. The molecule has 132 valence electrons. The molecule has 0 bridgehead atoms. The van der Waals surface area contributed by atoms with E-state index in [1.165, 1.54) is 57.8 Å². The first-order chi connectivity index (χ1) is 10.4. The topological polar surface area (TPSA) is 0 Å². The zero-order valence-corrected chi connectivity index (χ0v) is 16.8. The summed E-state index contributed by atoms with van der Waals surface area (Å²) in [7, 11) is 0. The van der Waals surface area contributed by atoms with Gasteiger partial charge in [0.2, 0.25) is 0 Å². The molecule has 22 heavy (non-hydrogen) atoms. The van der Waals surface area contributed by atoms with Crippen molar-refractivity contribution in [3.63, 3.8) is 0 Å². The van der Waals surface area contributed by atoms with Crippen molar-refractivity contribution >= 4 is 0 Å². The molecule has 1 rings (SSSR count). The van der Waals surface area contributed by atoms with E-state index in [1.807, 2.05) is 0 Å². The van der Waals surface area contributed by atoms with Crippen molar-refractivity contribution in [3.05, 3.63) is 0 Å². The fourth-order valence-corrected chi connectivity index (χ4v) is 5.07. The highest BCUT2D eigenvalue weighted by Gasteiger charge is 2.44. The van der Waals surface area contributed by atoms with Crippen LogP contribution in [0.1, 0.15) is 106 Å². The molecule has 0 aromatic rings. The molecule has 0 radical (unpaired) electrons. The summed E-state index contributed by atoms with van der Waals surface area (Å²) in [5, 5.41) is 0. The van der Waals surface area contributed by atoms with Gasteiger partial charge in [-0.1, -0.05) is 87.0 Å². The Kier molecular flexibility index (Phi) is 8.50. The fourth-order valence-electron chi connectivity index (χ4n) is 5.07. The van der Waals surface area contributed by atoms with Gasteiger partial charge in [0.1, 0.15) is 0 Å². The van der Waals surface area contributed by atoms with Crippen LogP contribution in [0.4, 0.5) is 0 Å². The first kappa shape index (κ1) is 20.0. The predicted octanol–water partition coefficient (Wildman–Crippen LogP) is 7.72. The molecule has 1 saturated carbocycles. The van der Waals surface area contributed by atoms with E-state index in [4.69, 9.17) is 0 Å². The largest absolute Gasteiger partial charge is 0.0654 e. The molecule has 0 N–H and O–H groups in total. The SMILES string of the molecule is CCCCC1CCC(C)(C(C)C)C(C)C1CCC(C)CCC. The highest BCUT2D eigenvalue weighted by Crippen LogP contribution is 2.53. The van der Waals surface area contributed by atoms with E-state index in [9.17, 15) is 0 Å². The predicted molar refractivity (Wildman–Crippen MR) is 101 cm³/mol. The third-order valence-electron chi connectivity index (χ3n) is 7.36. The van der Waals surface area contributed by atoms with Crippen molar-refractivity contribution in [1.29, 1.82) is 0 Å². The third-order valence-corrected chi connectivity index (χ3v) is 7.36. The van der Waals surface area contributed by atoms with Crippen molar-refractivity contribution in [3.8, 4) is 0 Å². The lowest BCUT2D eigenvalue weighted by molar-refractivity contribution is -0.0175. The minimum absolute atomic E-state index is 0.571. The molecular weight excluding hydrogens is 264 g/mol. The Bertz CT molecular complexity index is 292. The molecule has 5 atom stereocenters. The minimum atomic E-state index is 0.571. The summed E-state index contributed by atoms with van der Waals surface area (Å²) in [6, 6.07) is 0. The Labute approximate surface area is 141 Å². The van der Waals surface area contributed by atoms with Crippen molar-refractivity contribution < 1.29 is 0 Å². The van der Waals surface area contributed by atoms with Crippen LogP contribution >= 0.6 is 0 Å². The molecule has 1 aliphatic carbocycles. The van der Waals surface area contributed by atoms with Crippen LogP contribution < -0.4 is 0 Å². The molecule has 1 fully saturated rings. The minimum Gasteiger partial charge on any atom is -0.0654 e. The summed E-state index contributed by atoms with van der Waals surface area (Å²) < 4.78 is 0. The first-order valence-corrected chi connectivity index (χ1v) is 10.4. The lowest BCUT2D eigenvalue weighted by Crippen LogP contribution is -2.43. The Morgan fingerprint density at radius 2 is 1.68 bits per heavy atom. The van der Waals surface area contributed by atoms with Gasteiger partial charge in [-0.2, -0.15) is 0 Å². The van der Waals surface area contributed by atoms with Gasteiger partial charge < -0.3 is 0 Å². The zero-order valence-electron chi connectivity index (χ0n) is 16.8. The van der Waals surface area contributed by atoms with Gasteiger partial charge in [-0.25, -0.2) is 0 Å². The van der Waals surface area contributed by atoms with Gasteiger partial charge in [-0.15, -0.1) is 0 Å². The summed E-state index contributed by atoms with van der Waals surface area (Å²) in [6.07, 6.45) is 13.0. The standard InChI is InChI=1S/C22H44/c1-8-10-12-20-15-16-22(7,17(3)4)19(6)21(20)14-13-18(5)11-9-2/h17-21H,8-16H2,1-7H3. The van der Waals surface area contributed by atoms with Crippen LogP contribution in [0.2, 0.25) is 0 Å². The lowest BCUT2D eigenvalue weighted by Gasteiger charge is -2.51. The quantitative estimate of drug-likeness (QED) is 0.409. The van der Waals surface area contributed by atoms with E-state index in [0.29, 0.717) is 5.41 Å². The normalized spacial score (nSPS) is 34.1. The van der Waals surface area contributed by atoms with Gasteiger partial charge in [0.05, 0.1) is 0 Å². The summed E-state index contributed by atoms with van der Waals surface area (Å²) >= 11 is 0. The van der Waals surface area contributed by atoms with Gasteiger partial charge in [-0.05, 0) is 54.3 Å². The van der Waals surface area contributed by atoms with E-state index < -0.39 is 0 Å². The van der Waals surface area contributed by atoms with Crippen LogP contribution in [0, 0.1) is 35.0 Å². The maximum atomic E-state index is 2.59. The fraction of sp³-hybridized carbons (Fsp3) is 1.00. The second-order valence-electron chi connectivity index (χ2n) is 9.03. The number of rotatable bonds is 9. The Balaban J connectivity index is 2.75. The van der Waals surface area contributed by atoms with Crippen LogP contribution in [-0.4, -0.2) is 0 Å². The van der Waals surface area contributed by atoms with Crippen molar-refractivity contribution in [2.24, 2.45) is 35.0 Å². The van der Waals surface area contributed by atoms with Crippen LogP contribution in [-0.2, 0) is 0 Å². The van der Waals surface area contributed by atoms with E-state index in [1.54, 1.807) is 0 Å². The Morgan fingerprint density at radius 1 is 1.00 bits per heavy atom. The second-order valence-corrected chi connectivity index (χ2v) is 9.03. The van der Waals surface area contributed by atoms with E-state index in [-0.39, 0.29) is 0 Å². The van der Waals surface area contributed by atoms with Crippen molar-refractivity contribution in [2.75, 3.05) is 0 Å². The summed E-state index contributed by atoms with van der Waals surface area (Å²) in [6.45, 7) is 17.2. The van der Waals surface area contributed by atoms with Crippen LogP contribution in [0.25, 0.3) is 0 Å². The Hall–Kier alpha value is 0.